The topological polar surface area (TPSA) is 19.4 Å². The zero-order valence-electron chi connectivity index (χ0n) is 15.7. The summed E-state index contributed by atoms with van der Waals surface area (Å²) in [6.45, 7) is 5.81. The van der Waals surface area contributed by atoms with Gasteiger partial charge in [0.25, 0.3) is 0 Å². The average molecular weight is 371 g/mol. The predicted molar refractivity (Wildman–Crippen MR) is 102 cm³/mol. The van der Waals surface area contributed by atoms with E-state index >= 15 is 0 Å². The molecule has 1 aromatic carbocycles. The fourth-order valence-corrected chi connectivity index (χ4v) is 4.63. The van der Waals surface area contributed by atoms with Gasteiger partial charge in [-0.3, -0.25) is 14.8 Å². The van der Waals surface area contributed by atoms with E-state index in [1.54, 1.807) is 12.1 Å². The average Bonchev–Trinajstić information content (AvgIpc) is 3.15. The van der Waals surface area contributed by atoms with Crippen LogP contribution in [0, 0.1) is 23.5 Å². The molecule has 2 aromatic rings. The van der Waals surface area contributed by atoms with Crippen molar-refractivity contribution in [2.75, 3.05) is 26.2 Å². The van der Waals surface area contributed by atoms with Gasteiger partial charge in [0.1, 0.15) is 0 Å². The smallest absolute Gasteiger partial charge is 0.163 e. The Labute approximate surface area is 160 Å². The number of halogens is 2. The van der Waals surface area contributed by atoms with Crippen LogP contribution in [0.1, 0.15) is 30.4 Å². The van der Waals surface area contributed by atoms with Crippen LogP contribution >= 0.6 is 0 Å². The monoisotopic (exact) mass is 371 g/mol. The molecule has 2 fully saturated rings. The molecule has 1 aromatic heterocycles. The van der Waals surface area contributed by atoms with Crippen LogP contribution in [0.2, 0.25) is 0 Å². The van der Waals surface area contributed by atoms with Crippen molar-refractivity contribution in [3.05, 3.63) is 65.5 Å². The number of benzene rings is 1. The summed E-state index contributed by atoms with van der Waals surface area (Å²) in [5.41, 5.74) is 1.80. The molecule has 2 saturated heterocycles. The maximum atomic E-state index is 13.9. The highest BCUT2D eigenvalue weighted by atomic mass is 19.2. The van der Waals surface area contributed by atoms with Crippen LogP contribution in [-0.4, -0.2) is 41.0 Å². The fourth-order valence-electron chi connectivity index (χ4n) is 4.63. The maximum absolute atomic E-state index is 13.9. The summed E-state index contributed by atoms with van der Waals surface area (Å²) in [5, 5.41) is 0. The van der Waals surface area contributed by atoms with Crippen molar-refractivity contribution in [2.45, 2.75) is 32.4 Å². The molecule has 0 N–H and O–H groups in total. The summed E-state index contributed by atoms with van der Waals surface area (Å²) in [7, 11) is 0. The highest BCUT2D eigenvalue weighted by molar-refractivity contribution is 5.19. The van der Waals surface area contributed by atoms with Crippen LogP contribution in [0.4, 0.5) is 8.78 Å². The van der Waals surface area contributed by atoms with Crippen molar-refractivity contribution in [3.8, 4) is 0 Å². The van der Waals surface area contributed by atoms with Crippen LogP contribution in [0.15, 0.2) is 42.7 Å². The molecular weight excluding hydrogens is 344 g/mol. The second-order valence-electron chi connectivity index (χ2n) is 7.97. The van der Waals surface area contributed by atoms with E-state index in [0.717, 1.165) is 44.3 Å². The first-order valence-corrected chi connectivity index (χ1v) is 9.95. The fraction of sp³-hybridized carbons (Fsp3) is 0.500. The highest BCUT2D eigenvalue weighted by Gasteiger charge is 2.32. The molecule has 144 valence electrons. The Balaban J connectivity index is 1.25. The molecule has 3 nitrogen and oxygen atoms in total. The molecule has 0 spiro atoms. The number of hydrogen-bond acceptors (Lipinski definition) is 3. The van der Waals surface area contributed by atoms with Gasteiger partial charge in [-0.05, 0) is 74.5 Å². The Morgan fingerprint density at radius 2 is 1.56 bits per heavy atom. The highest BCUT2D eigenvalue weighted by Crippen LogP contribution is 2.33. The Kier molecular flexibility index (Phi) is 5.79. The van der Waals surface area contributed by atoms with Gasteiger partial charge in [0.15, 0.2) is 11.6 Å². The molecule has 3 heterocycles. The van der Waals surface area contributed by atoms with Gasteiger partial charge < -0.3 is 0 Å². The van der Waals surface area contributed by atoms with Gasteiger partial charge in [0, 0.05) is 37.6 Å². The van der Waals surface area contributed by atoms with Crippen LogP contribution in [0.5, 0.6) is 0 Å². The molecule has 27 heavy (non-hydrogen) atoms. The summed E-state index contributed by atoms with van der Waals surface area (Å²) in [6, 6.07) is 8.66. The minimum Gasteiger partial charge on any atom is -0.299 e. The van der Waals surface area contributed by atoms with Crippen LogP contribution in [0.25, 0.3) is 0 Å². The number of likely N-dealkylation sites (tertiary alicyclic amines) is 2. The number of hydrogen-bond donors (Lipinski definition) is 0. The Hall–Kier alpha value is -1.85. The summed E-state index contributed by atoms with van der Waals surface area (Å²) < 4.78 is 27.3. The minimum absolute atomic E-state index is 0.470. The van der Waals surface area contributed by atoms with E-state index in [0.29, 0.717) is 12.1 Å². The van der Waals surface area contributed by atoms with Gasteiger partial charge in [0.2, 0.25) is 0 Å². The lowest BCUT2D eigenvalue weighted by Gasteiger charge is -2.35. The maximum Gasteiger partial charge on any atom is 0.163 e. The third-order valence-corrected chi connectivity index (χ3v) is 6.19. The van der Waals surface area contributed by atoms with Crippen molar-refractivity contribution in [2.24, 2.45) is 11.8 Å². The minimum atomic E-state index is -0.748. The van der Waals surface area contributed by atoms with Crippen molar-refractivity contribution in [3.63, 3.8) is 0 Å². The molecule has 0 saturated carbocycles. The second kappa shape index (κ2) is 8.44. The third-order valence-electron chi connectivity index (χ3n) is 6.19. The van der Waals surface area contributed by atoms with Gasteiger partial charge in [0.05, 0.1) is 0 Å². The Morgan fingerprint density at radius 3 is 2.33 bits per heavy atom. The molecule has 0 aliphatic carbocycles. The first kappa shape index (κ1) is 18.5. The first-order valence-electron chi connectivity index (χ1n) is 9.95. The van der Waals surface area contributed by atoms with Gasteiger partial charge in [-0.25, -0.2) is 8.78 Å². The van der Waals surface area contributed by atoms with E-state index in [2.05, 4.69) is 26.9 Å². The Morgan fingerprint density at radius 1 is 0.852 bits per heavy atom. The van der Waals surface area contributed by atoms with Crippen molar-refractivity contribution in [1.82, 2.24) is 14.8 Å². The number of rotatable bonds is 5. The summed E-state index contributed by atoms with van der Waals surface area (Å²) >= 11 is 0. The van der Waals surface area contributed by atoms with Gasteiger partial charge in [-0.15, -0.1) is 0 Å². The lowest BCUT2D eigenvalue weighted by Crippen LogP contribution is -2.36. The predicted octanol–water partition coefficient (Wildman–Crippen LogP) is 4.09. The van der Waals surface area contributed by atoms with E-state index in [-0.39, 0.29) is 0 Å². The zero-order valence-corrected chi connectivity index (χ0v) is 15.7. The lowest BCUT2D eigenvalue weighted by atomic mass is 9.83. The summed E-state index contributed by atoms with van der Waals surface area (Å²) in [5.74, 6) is 0.0748. The number of piperidine rings is 1. The van der Waals surface area contributed by atoms with Crippen molar-refractivity contribution in [1.29, 1.82) is 0 Å². The standard InChI is InChI=1S/C22H27F2N3/c23-21-3-1-2-20(22(21)24)16-26-11-6-18(7-12-26)19-8-13-27(15-19)14-17-4-9-25-10-5-17/h1-5,9-10,18-19H,6-8,11-16H2/t19-/m0/s1. The van der Waals surface area contributed by atoms with E-state index in [1.807, 2.05) is 12.4 Å². The quantitative estimate of drug-likeness (QED) is 0.789. The van der Waals surface area contributed by atoms with Gasteiger partial charge in [-0.1, -0.05) is 12.1 Å². The molecule has 0 unspecified atom stereocenters. The Bertz CT molecular complexity index is 744. The third kappa shape index (κ3) is 4.53. The van der Waals surface area contributed by atoms with E-state index in [9.17, 15) is 8.78 Å². The first-order chi connectivity index (χ1) is 13.2. The molecule has 4 rings (SSSR count). The van der Waals surface area contributed by atoms with Crippen molar-refractivity contribution >= 4 is 0 Å². The number of pyridine rings is 1. The number of aromatic nitrogens is 1. The molecule has 2 aliphatic rings. The lowest BCUT2D eigenvalue weighted by molar-refractivity contribution is 0.139. The van der Waals surface area contributed by atoms with Crippen LogP contribution in [0.3, 0.4) is 0 Å². The van der Waals surface area contributed by atoms with Crippen LogP contribution < -0.4 is 0 Å². The second-order valence-corrected chi connectivity index (χ2v) is 7.97. The van der Waals surface area contributed by atoms with Gasteiger partial charge >= 0.3 is 0 Å². The SMILES string of the molecule is Fc1cccc(CN2CCC([C@H]3CCN(Cc4ccncc4)C3)CC2)c1F. The van der Waals surface area contributed by atoms with Crippen LogP contribution in [-0.2, 0) is 13.1 Å². The van der Waals surface area contributed by atoms with E-state index < -0.39 is 11.6 Å². The largest absolute Gasteiger partial charge is 0.299 e. The van der Waals surface area contributed by atoms with Gasteiger partial charge in [-0.2, -0.15) is 0 Å². The molecule has 2 aliphatic heterocycles. The van der Waals surface area contributed by atoms with E-state index in [1.165, 1.54) is 31.1 Å². The number of nitrogens with zero attached hydrogens (tertiary/aromatic N) is 3. The summed E-state index contributed by atoms with van der Waals surface area (Å²) in [4.78, 5) is 8.90. The molecule has 1 atom stereocenters. The molecule has 0 bridgehead atoms. The van der Waals surface area contributed by atoms with Crippen molar-refractivity contribution < 1.29 is 8.78 Å². The zero-order chi connectivity index (χ0) is 18.6. The molecule has 0 radical (unpaired) electrons. The molecule has 0 amide bonds. The summed E-state index contributed by atoms with van der Waals surface area (Å²) in [6.07, 6.45) is 7.31. The normalized spacial score (nSPS) is 22.4. The molecule has 5 heteroatoms. The van der Waals surface area contributed by atoms with E-state index in [4.69, 9.17) is 0 Å². The molecular formula is C22H27F2N3.